The lowest BCUT2D eigenvalue weighted by atomic mass is 10.0. The van der Waals surface area contributed by atoms with Gasteiger partial charge in [0.2, 0.25) is 6.79 Å². The van der Waals surface area contributed by atoms with Crippen LogP contribution in [0.1, 0.15) is 38.7 Å². The standard InChI is InChI=1S/C20H32N4O2.HI/c1-15-6-4-5-11-24(15)16(2)13-23-20(21-3)22-10-9-17-7-8-18-19(12-17)26-14-25-18;/h7-8,12,15-16H,4-6,9-11,13-14H2,1-3H3,(H2,21,22,23);1H. The second-order valence-electron chi connectivity index (χ2n) is 7.25. The largest absolute Gasteiger partial charge is 0.454 e. The van der Waals surface area contributed by atoms with Gasteiger partial charge in [-0.15, -0.1) is 24.0 Å². The maximum atomic E-state index is 5.44. The summed E-state index contributed by atoms with van der Waals surface area (Å²) in [7, 11) is 1.82. The molecule has 0 spiro atoms. The van der Waals surface area contributed by atoms with Crippen LogP contribution < -0.4 is 20.1 Å². The average molecular weight is 488 g/mol. The van der Waals surface area contributed by atoms with Crippen molar-refractivity contribution in [3.63, 3.8) is 0 Å². The van der Waals surface area contributed by atoms with Crippen molar-refractivity contribution >= 4 is 29.9 Å². The van der Waals surface area contributed by atoms with Crippen LogP contribution in [0.15, 0.2) is 23.2 Å². The van der Waals surface area contributed by atoms with Gasteiger partial charge in [0.05, 0.1) is 0 Å². The Kier molecular flexibility index (Phi) is 8.95. The molecule has 0 aliphatic carbocycles. The molecule has 1 aromatic rings. The second-order valence-corrected chi connectivity index (χ2v) is 7.25. The summed E-state index contributed by atoms with van der Waals surface area (Å²) in [4.78, 5) is 6.95. The van der Waals surface area contributed by atoms with Gasteiger partial charge < -0.3 is 20.1 Å². The maximum absolute atomic E-state index is 5.44. The zero-order valence-electron chi connectivity index (χ0n) is 16.7. The zero-order valence-corrected chi connectivity index (χ0v) is 19.0. The van der Waals surface area contributed by atoms with Crippen molar-refractivity contribution in [3.05, 3.63) is 23.8 Å². The minimum atomic E-state index is 0. The van der Waals surface area contributed by atoms with E-state index in [9.17, 15) is 0 Å². The highest BCUT2D eigenvalue weighted by Crippen LogP contribution is 2.32. The van der Waals surface area contributed by atoms with Crippen LogP contribution in [-0.2, 0) is 6.42 Å². The lowest BCUT2D eigenvalue weighted by Gasteiger charge is -2.38. The molecular weight excluding hydrogens is 455 g/mol. The number of benzene rings is 1. The van der Waals surface area contributed by atoms with Crippen molar-refractivity contribution in [1.29, 1.82) is 0 Å². The molecule has 27 heavy (non-hydrogen) atoms. The fraction of sp³-hybridized carbons (Fsp3) is 0.650. The predicted molar refractivity (Wildman–Crippen MR) is 121 cm³/mol. The minimum absolute atomic E-state index is 0. The first-order chi connectivity index (χ1) is 12.7. The third-order valence-corrected chi connectivity index (χ3v) is 5.35. The lowest BCUT2D eigenvalue weighted by molar-refractivity contribution is 0.115. The van der Waals surface area contributed by atoms with Gasteiger partial charge in [0, 0.05) is 32.2 Å². The number of rotatable bonds is 6. The summed E-state index contributed by atoms with van der Waals surface area (Å²) in [6, 6.07) is 7.32. The topological polar surface area (TPSA) is 58.1 Å². The summed E-state index contributed by atoms with van der Waals surface area (Å²) in [5.74, 6) is 2.54. The first kappa shape index (κ1) is 22.1. The number of ether oxygens (including phenoxy) is 2. The molecular formula is C20H33IN4O2. The van der Waals surface area contributed by atoms with E-state index >= 15 is 0 Å². The van der Waals surface area contributed by atoms with Gasteiger partial charge in [0.1, 0.15) is 0 Å². The number of nitrogens with one attached hydrogen (secondary N) is 2. The van der Waals surface area contributed by atoms with Gasteiger partial charge in [0.25, 0.3) is 0 Å². The zero-order chi connectivity index (χ0) is 18.4. The number of hydrogen-bond acceptors (Lipinski definition) is 4. The molecule has 1 saturated heterocycles. The number of fused-ring (bicyclic) bond motifs is 1. The molecule has 2 N–H and O–H groups in total. The van der Waals surface area contributed by atoms with Crippen molar-refractivity contribution in [2.24, 2.45) is 4.99 Å². The molecule has 6 nitrogen and oxygen atoms in total. The van der Waals surface area contributed by atoms with Crippen LogP contribution in [0.2, 0.25) is 0 Å². The number of hydrogen-bond donors (Lipinski definition) is 2. The van der Waals surface area contributed by atoms with E-state index in [4.69, 9.17) is 9.47 Å². The maximum Gasteiger partial charge on any atom is 0.231 e. The van der Waals surface area contributed by atoms with Gasteiger partial charge >= 0.3 is 0 Å². The van der Waals surface area contributed by atoms with E-state index in [0.717, 1.165) is 37.0 Å². The van der Waals surface area contributed by atoms with E-state index in [0.29, 0.717) is 18.9 Å². The Balaban J connectivity index is 0.00000261. The summed E-state index contributed by atoms with van der Waals surface area (Å²) >= 11 is 0. The van der Waals surface area contributed by atoms with Gasteiger partial charge in [-0.25, -0.2) is 0 Å². The van der Waals surface area contributed by atoms with Gasteiger partial charge in [0.15, 0.2) is 17.5 Å². The van der Waals surface area contributed by atoms with E-state index in [2.05, 4.69) is 46.5 Å². The van der Waals surface area contributed by atoms with Gasteiger partial charge in [-0.2, -0.15) is 0 Å². The average Bonchev–Trinajstić information content (AvgIpc) is 3.12. The number of halogens is 1. The second kappa shape index (κ2) is 10.9. The Morgan fingerprint density at radius 2 is 2.07 bits per heavy atom. The van der Waals surface area contributed by atoms with Gasteiger partial charge in [-0.1, -0.05) is 12.5 Å². The Bertz CT molecular complexity index is 626. The number of likely N-dealkylation sites (tertiary alicyclic amines) is 1. The lowest BCUT2D eigenvalue weighted by Crippen LogP contribution is -2.50. The van der Waals surface area contributed by atoms with Crippen LogP contribution in [0.5, 0.6) is 11.5 Å². The van der Waals surface area contributed by atoms with E-state index in [-0.39, 0.29) is 24.0 Å². The molecule has 2 unspecified atom stereocenters. The van der Waals surface area contributed by atoms with Crippen molar-refractivity contribution in [3.8, 4) is 11.5 Å². The fourth-order valence-corrected chi connectivity index (χ4v) is 3.78. The van der Waals surface area contributed by atoms with Gasteiger partial charge in [-0.05, 0) is 57.4 Å². The monoisotopic (exact) mass is 488 g/mol. The molecule has 2 atom stereocenters. The van der Waals surface area contributed by atoms with Crippen LogP contribution in [0.25, 0.3) is 0 Å². The van der Waals surface area contributed by atoms with E-state index in [1.807, 2.05) is 13.1 Å². The molecule has 7 heteroatoms. The molecule has 152 valence electrons. The third-order valence-electron chi connectivity index (χ3n) is 5.35. The molecule has 0 amide bonds. The number of piperidine rings is 1. The Morgan fingerprint density at radius 3 is 2.85 bits per heavy atom. The summed E-state index contributed by atoms with van der Waals surface area (Å²) in [5.41, 5.74) is 1.23. The van der Waals surface area contributed by atoms with Crippen LogP contribution in [0.3, 0.4) is 0 Å². The van der Waals surface area contributed by atoms with E-state index in [1.54, 1.807) is 0 Å². The molecule has 1 aromatic carbocycles. The SMILES string of the molecule is CN=C(NCCc1ccc2c(c1)OCO2)NCC(C)N1CCCCC1C.I. The Labute approximate surface area is 180 Å². The summed E-state index contributed by atoms with van der Waals surface area (Å²) in [5, 5.41) is 6.87. The van der Waals surface area contributed by atoms with Crippen LogP contribution in [0, 0.1) is 0 Å². The molecule has 0 saturated carbocycles. The highest BCUT2D eigenvalue weighted by atomic mass is 127. The van der Waals surface area contributed by atoms with Crippen LogP contribution >= 0.6 is 24.0 Å². The Hall–Kier alpha value is -1.22. The first-order valence-electron chi connectivity index (χ1n) is 9.76. The highest BCUT2D eigenvalue weighted by molar-refractivity contribution is 14.0. The minimum Gasteiger partial charge on any atom is -0.454 e. The summed E-state index contributed by atoms with van der Waals surface area (Å²) in [6.07, 6.45) is 4.90. The van der Waals surface area contributed by atoms with E-state index < -0.39 is 0 Å². The molecule has 2 heterocycles. The van der Waals surface area contributed by atoms with Crippen molar-refractivity contribution < 1.29 is 9.47 Å². The van der Waals surface area contributed by atoms with Gasteiger partial charge in [-0.3, -0.25) is 9.89 Å². The normalized spacial score (nSPS) is 20.7. The molecule has 3 rings (SSSR count). The molecule has 0 bridgehead atoms. The molecule has 2 aliphatic heterocycles. The van der Waals surface area contributed by atoms with Crippen molar-refractivity contribution in [2.75, 3.05) is 33.5 Å². The third kappa shape index (κ3) is 6.14. The smallest absolute Gasteiger partial charge is 0.231 e. The Morgan fingerprint density at radius 1 is 1.26 bits per heavy atom. The number of nitrogens with zero attached hydrogens (tertiary/aromatic N) is 2. The fourth-order valence-electron chi connectivity index (χ4n) is 3.78. The highest BCUT2D eigenvalue weighted by Gasteiger charge is 2.23. The van der Waals surface area contributed by atoms with Crippen molar-refractivity contribution in [1.82, 2.24) is 15.5 Å². The van der Waals surface area contributed by atoms with Crippen molar-refractivity contribution in [2.45, 2.75) is 51.6 Å². The summed E-state index contributed by atoms with van der Waals surface area (Å²) in [6.45, 7) is 7.91. The summed E-state index contributed by atoms with van der Waals surface area (Å²) < 4.78 is 10.8. The first-order valence-corrected chi connectivity index (χ1v) is 9.76. The molecule has 2 aliphatic rings. The molecule has 0 radical (unpaired) electrons. The van der Waals surface area contributed by atoms with Crippen LogP contribution in [0.4, 0.5) is 0 Å². The molecule has 1 fully saturated rings. The quantitative estimate of drug-likeness (QED) is 0.367. The molecule has 0 aromatic heterocycles. The predicted octanol–water partition coefficient (Wildman–Crippen LogP) is 3.00. The van der Waals surface area contributed by atoms with E-state index in [1.165, 1.54) is 31.4 Å². The van der Waals surface area contributed by atoms with Crippen LogP contribution in [-0.4, -0.2) is 56.4 Å². The number of guanidine groups is 1. The number of aliphatic imine (C=N–C) groups is 1.